The number of fused-ring (bicyclic) bond motifs is 13. The fourth-order valence-corrected chi connectivity index (χ4v) is 9.74. The topological polar surface area (TPSA) is 47.1 Å². The molecule has 0 radical (unpaired) electrons. The summed E-state index contributed by atoms with van der Waals surface area (Å²) in [4.78, 5) is 13.2. The van der Waals surface area contributed by atoms with Gasteiger partial charge in [0.2, 0.25) is 5.95 Å². The molecule has 4 aromatic heterocycles. The highest BCUT2D eigenvalue weighted by molar-refractivity contribution is 7.26. The number of nitrogens with zero attached hydrogens (tertiary/aromatic N) is 4. The zero-order valence-electron chi connectivity index (χ0n) is 29.9. The molecule has 0 saturated carbocycles. The number of hydrogen-bond donors (Lipinski definition) is 0. The average molecular weight is 735 g/mol. The molecular weight excluding hydrogens is 705 g/mol. The Morgan fingerprint density at radius 1 is 0.500 bits per heavy atom. The van der Waals surface area contributed by atoms with Crippen LogP contribution in [0.15, 0.2) is 186 Å². The van der Waals surface area contributed by atoms with Crippen LogP contribution in [0.5, 0.6) is 0 Å². The van der Waals surface area contributed by atoms with Crippen molar-refractivity contribution in [2.24, 2.45) is 0 Å². The molecule has 0 spiro atoms. The van der Waals surface area contributed by atoms with E-state index >= 15 is 0 Å². The van der Waals surface area contributed by atoms with Gasteiger partial charge in [0.25, 0.3) is 0 Å². The van der Waals surface area contributed by atoms with Crippen molar-refractivity contribution in [3.63, 3.8) is 0 Å². The summed E-state index contributed by atoms with van der Waals surface area (Å²) >= 11 is 1.75. The largest absolute Gasteiger partial charge is 0.454 e. The van der Waals surface area contributed by atoms with Crippen LogP contribution in [0.3, 0.4) is 0 Å². The van der Waals surface area contributed by atoms with Crippen LogP contribution in [-0.2, 0) is 0 Å². The van der Waals surface area contributed by atoms with E-state index in [9.17, 15) is 0 Å². The van der Waals surface area contributed by atoms with Crippen molar-refractivity contribution in [3.8, 4) is 17.2 Å². The Bertz CT molecular complexity index is 3440. The van der Waals surface area contributed by atoms with E-state index in [0.29, 0.717) is 5.95 Å². The lowest BCUT2D eigenvalue weighted by atomic mass is 9.98. The Labute approximate surface area is 324 Å². The Morgan fingerprint density at radius 3 is 1.84 bits per heavy atom. The molecule has 4 heterocycles. The molecule has 5 nitrogen and oxygen atoms in total. The zero-order chi connectivity index (χ0) is 36.7. The molecule has 0 unspecified atom stereocenters. The highest BCUT2D eigenvalue weighted by atomic mass is 32.1. The summed E-state index contributed by atoms with van der Waals surface area (Å²) in [7, 11) is 0. The first-order chi connectivity index (χ1) is 27.8. The van der Waals surface area contributed by atoms with Gasteiger partial charge in [0, 0.05) is 60.3 Å². The van der Waals surface area contributed by atoms with E-state index < -0.39 is 0 Å². The number of para-hydroxylation sites is 3. The van der Waals surface area contributed by atoms with Crippen LogP contribution < -0.4 is 4.90 Å². The van der Waals surface area contributed by atoms with Crippen molar-refractivity contribution >= 4 is 103 Å². The highest BCUT2D eigenvalue weighted by Gasteiger charge is 2.26. The fraction of sp³-hybridized carbons (Fsp3) is 0. The summed E-state index contributed by atoms with van der Waals surface area (Å²) < 4.78 is 11.7. The van der Waals surface area contributed by atoms with Crippen LogP contribution in [0.1, 0.15) is 0 Å². The van der Waals surface area contributed by atoms with E-state index in [2.05, 4.69) is 191 Å². The maximum absolute atomic E-state index is 7.18. The van der Waals surface area contributed by atoms with Crippen molar-refractivity contribution in [3.05, 3.63) is 182 Å². The van der Waals surface area contributed by atoms with E-state index in [4.69, 9.17) is 14.4 Å². The van der Waals surface area contributed by atoms with Gasteiger partial charge >= 0.3 is 0 Å². The molecule has 0 aliphatic heterocycles. The first-order valence-electron chi connectivity index (χ1n) is 18.8. The molecule has 0 bridgehead atoms. The summed E-state index contributed by atoms with van der Waals surface area (Å²) in [5, 5.41) is 7.83. The van der Waals surface area contributed by atoms with Gasteiger partial charge in [-0.2, -0.15) is 0 Å². The van der Waals surface area contributed by atoms with Crippen LogP contribution >= 0.6 is 11.3 Å². The standard InChI is InChI=1S/C50H30N4OS/c1-4-16-31(17-5-1)45-49-46(39-25-13-15-27-42(39)56-49)52-50(51-45)54-40-26-14-12-24-37(40)43-35-22-10-11-23-36(35)44-38-29-28-34(30-41(38)55-48(44)47(43)54)53(32-18-6-2-7-19-32)33-20-8-3-9-21-33/h1-30H. The van der Waals surface area contributed by atoms with E-state index in [-0.39, 0.29) is 0 Å². The third kappa shape index (κ3) is 4.54. The second kappa shape index (κ2) is 12.1. The van der Waals surface area contributed by atoms with Crippen molar-refractivity contribution in [2.45, 2.75) is 0 Å². The Balaban J connectivity index is 1.21. The summed E-state index contributed by atoms with van der Waals surface area (Å²) in [6.07, 6.45) is 0. The smallest absolute Gasteiger partial charge is 0.236 e. The molecule has 0 aliphatic rings. The minimum atomic E-state index is 0.614. The van der Waals surface area contributed by atoms with Crippen LogP contribution in [0.4, 0.5) is 17.1 Å². The maximum atomic E-state index is 7.18. The third-order valence-corrected chi connectivity index (χ3v) is 12.1. The Hall–Kier alpha value is -7.28. The van der Waals surface area contributed by atoms with Gasteiger partial charge in [-0.25, -0.2) is 9.97 Å². The lowest BCUT2D eigenvalue weighted by Gasteiger charge is -2.25. The summed E-state index contributed by atoms with van der Waals surface area (Å²) in [6, 6.07) is 63.9. The van der Waals surface area contributed by atoms with E-state index in [1.165, 1.54) is 4.70 Å². The minimum Gasteiger partial charge on any atom is -0.454 e. The molecule has 12 rings (SSSR count). The predicted octanol–water partition coefficient (Wildman–Crippen LogP) is 14.1. The first-order valence-corrected chi connectivity index (χ1v) is 19.6. The van der Waals surface area contributed by atoms with Crippen LogP contribution in [0.2, 0.25) is 0 Å². The molecule has 0 fully saturated rings. The van der Waals surface area contributed by atoms with Crippen LogP contribution in [-0.4, -0.2) is 14.5 Å². The molecule has 0 aliphatic carbocycles. The second-order valence-corrected chi connectivity index (χ2v) is 15.2. The van der Waals surface area contributed by atoms with Gasteiger partial charge in [-0.15, -0.1) is 11.3 Å². The molecule has 0 atom stereocenters. The normalized spacial score (nSPS) is 11.9. The molecule has 6 heteroatoms. The molecular formula is C50H30N4OS. The molecule has 56 heavy (non-hydrogen) atoms. The van der Waals surface area contributed by atoms with Crippen molar-refractivity contribution in [1.29, 1.82) is 0 Å². The summed E-state index contributed by atoms with van der Waals surface area (Å²) in [6.45, 7) is 0. The quantitative estimate of drug-likeness (QED) is 0.177. The molecule has 0 amide bonds. The average Bonchev–Trinajstić information content (AvgIpc) is 3.95. The minimum absolute atomic E-state index is 0.614. The zero-order valence-corrected chi connectivity index (χ0v) is 30.7. The predicted molar refractivity (Wildman–Crippen MR) is 234 cm³/mol. The van der Waals surface area contributed by atoms with E-state index in [0.717, 1.165) is 98.4 Å². The van der Waals surface area contributed by atoms with Gasteiger partial charge in [-0.05, 0) is 59.3 Å². The van der Waals surface area contributed by atoms with E-state index in [1.54, 1.807) is 11.3 Å². The number of hydrogen-bond acceptors (Lipinski definition) is 5. The maximum Gasteiger partial charge on any atom is 0.236 e. The van der Waals surface area contributed by atoms with Gasteiger partial charge in [-0.3, -0.25) is 4.57 Å². The van der Waals surface area contributed by atoms with Crippen LogP contribution in [0.25, 0.3) is 92.0 Å². The first kappa shape index (κ1) is 31.1. The van der Waals surface area contributed by atoms with Gasteiger partial charge in [-0.1, -0.05) is 127 Å². The van der Waals surface area contributed by atoms with Gasteiger partial charge in [0.1, 0.15) is 11.1 Å². The number of aromatic nitrogens is 3. The molecule has 262 valence electrons. The molecule has 8 aromatic carbocycles. The number of benzene rings is 8. The van der Waals surface area contributed by atoms with Gasteiger partial charge in [0.15, 0.2) is 5.58 Å². The lowest BCUT2D eigenvalue weighted by Crippen LogP contribution is -2.09. The SMILES string of the molecule is c1ccc(-c2nc(-n3c4ccccc4c4c5ccccc5c5c6ccc(N(c7ccccc7)c7ccccc7)cc6oc5c43)nc3c2sc2ccccc23)cc1. The summed E-state index contributed by atoms with van der Waals surface area (Å²) in [5.74, 6) is 0.614. The van der Waals surface area contributed by atoms with Crippen molar-refractivity contribution < 1.29 is 4.42 Å². The number of rotatable bonds is 5. The lowest BCUT2D eigenvalue weighted by molar-refractivity contribution is 0.671. The summed E-state index contributed by atoms with van der Waals surface area (Å²) in [5.41, 5.74) is 9.70. The highest BCUT2D eigenvalue weighted by Crippen LogP contribution is 2.47. The monoisotopic (exact) mass is 734 g/mol. The Morgan fingerprint density at radius 2 is 1.11 bits per heavy atom. The fourth-order valence-electron chi connectivity index (χ4n) is 8.59. The van der Waals surface area contributed by atoms with Crippen molar-refractivity contribution in [2.75, 3.05) is 4.90 Å². The molecule has 12 aromatic rings. The molecule has 0 N–H and O–H groups in total. The molecule has 0 saturated heterocycles. The van der Waals surface area contributed by atoms with Crippen molar-refractivity contribution in [1.82, 2.24) is 14.5 Å². The number of thiophene rings is 1. The van der Waals surface area contributed by atoms with E-state index in [1.807, 2.05) is 0 Å². The van der Waals surface area contributed by atoms with Gasteiger partial charge in [0.05, 0.1) is 21.4 Å². The van der Waals surface area contributed by atoms with Crippen LogP contribution in [0, 0.1) is 0 Å². The third-order valence-electron chi connectivity index (χ3n) is 11.0. The van der Waals surface area contributed by atoms with Gasteiger partial charge < -0.3 is 9.32 Å². The number of anilines is 3. The Kier molecular flexibility index (Phi) is 6.73. The number of furan rings is 1. The second-order valence-electron chi connectivity index (χ2n) is 14.1.